The zero-order valence-corrected chi connectivity index (χ0v) is 17.7. The van der Waals surface area contributed by atoms with Crippen molar-refractivity contribution in [3.05, 3.63) is 89.6 Å². The fraction of sp³-hybridized carbons (Fsp3) is 0.0909. The third kappa shape index (κ3) is 3.67. The van der Waals surface area contributed by atoms with E-state index in [9.17, 15) is 0 Å². The van der Waals surface area contributed by atoms with Crippen molar-refractivity contribution < 1.29 is 4.52 Å². The summed E-state index contributed by atoms with van der Waals surface area (Å²) in [7, 11) is 1.97. The molecule has 0 fully saturated rings. The highest BCUT2D eigenvalue weighted by Crippen LogP contribution is 2.40. The monoisotopic (exact) mass is 431 g/mol. The number of hydrogen-bond donors (Lipinski definition) is 0. The van der Waals surface area contributed by atoms with Crippen molar-refractivity contribution in [1.29, 1.82) is 0 Å². The zero-order valence-electron chi connectivity index (χ0n) is 16.0. The van der Waals surface area contributed by atoms with Gasteiger partial charge in [-0.05, 0) is 17.0 Å². The molecule has 0 saturated carbocycles. The second kappa shape index (κ2) is 8.25. The summed E-state index contributed by atoms with van der Waals surface area (Å²) in [5.41, 5.74) is 1.98. The van der Waals surface area contributed by atoms with Gasteiger partial charge in [-0.2, -0.15) is 4.98 Å². The van der Waals surface area contributed by atoms with Crippen LogP contribution in [0.5, 0.6) is 0 Å². The quantitative estimate of drug-likeness (QED) is 0.332. The van der Waals surface area contributed by atoms with E-state index in [2.05, 4.69) is 32.5 Å². The molecule has 0 spiro atoms. The molecule has 0 aliphatic rings. The highest BCUT2D eigenvalue weighted by atomic mass is 32.2. The lowest BCUT2D eigenvalue weighted by atomic mass is 10.1. The average Bonchev–Trinajstić information content (AvgIpc) is 3.55. The number of hydrogen-bond acceptors (Lipinski definition) is 7. The first kappa shape index (κ1) is 18.8. The largest absolute Gasteiger partial charge is 0.337 e. The SMILES string of the molecule is Cn1c(S[C@@H](c2ccccc2)c2nc(-c3ccccc3)no2)nnc1-c1cccs1. The van der Waals surface area contributed by atoms with Crippen molar-refractivity contribution >= 4 is 23.1 Å². The smallest absolute Gasteiger partial charge is 0.245 e. The van der Waals surface area contributed by atoms with Crippen LogP contribution < -0.4 is 0 Å². The summed E-state index contributed by atoms with van der Waals surface area (Å²) in [6, 6.07) is 24.0. The lowest BCUT2D eigenvalue weighted by Gasteiger charge is -2.12. The van der Waals surface area contributed by atoms with Gasteiger partial charge in [0, 0.05) is 12.6 Å². The molecule has 0 N–H and O–H groups in total. The minimum atomic E-state index is -0.199. The lowest BCUT2D eigenvalue weighted by Crippen LogP contribution is -2.01. The van der Waals surface area contributed by atoms with Crippen LogP contribution in [0.4, 0.5) is 0 Å². The normalized spacial score (nSPS) is 12.2. The van der Waals surface area contributed by atoms with E-state index in [4.69, 9.17) is 4.52 Å². The van der Waals surface area contributed by atoms with E-state index >= 15 is 0 Å². The van der Waals surface area contributed by atoms with Gasteiger partial charge in [0.1, 0.15) is 5.25 Å². The summed E-state index contributed by atoms with van der Waals surface area (Å²) in [5, 5.41) is 15.6. The number of aromatic nitrogens is 5. The topological polar surface area (TPSA) is 69.6 Å². The van der Waals surface area contributed by atoms with Crippen molar-refractivity contribution in [2.75, 3.05) is 0 Å². The predicted octanol–water partition coefficient (Wildman–Crippen LogP) is 5.48. The number of rotatable bonds is 6. The molecule has 0 amide bonds. The Kier molecular flexibility index (Phi) is 5.17. The van der Waals surface area contributed by atoms with Gasteiger partial charge in [0.05, 0.1) is 4.88 Å². The second-order valence-electron chi connectivity index (χ2n) is 6.57. The van der Waals surface area contributed by atoms with Crippen LogP contribution in [-0.2, 0) is 7.05 Å². The minimum Gasteiger partial charge on any atom is -0.337 e. The fourth-order valence-corrected chi connectivity index (χ4v) is 4.86. The molecule has 0 aliphatic carbocycles. The summed E-state index contributed by atoms with van der Waals surface area (Å²) in [5.74, 6) is 1.95. The lowest BCUT2D eigenvalue weighted by molar-refractivity contribution is 0.384. The van der Waals surface area contributed by atoms with Crippen LogP contribution in [-0.4, -0.2) is 24.9 Å². The highest BCUT2D eigenvalue weighted by molar-refractivity contribution is 7.99. The Morgan fingerprint density at radius 2 is 1.70 bits per heavy atom. The van der Waals surface area contributed by atoms with Crippen molar-refractivity contribution in [1.82, 2.24) is 24.9 Å². The third-order valence-electron chi connectivity index (χ3n) is 4.60. The molecule has 1 atom stereocenters. The van der Waals surface area contributed by atoms with E-state index in [1.54, 1.807) is 23.1 Å². The van der Waals surface area contributed by atoms with Gasteiger partial charge in [0.2, 0.25) is 11.7 Å². The second-order valence-corrected chi connectivity index (χ2v) is 8.59. The van der Waals surface area contributed by atoms with Crippen LogP contribution in [0.25, 0.3) is 22.1 Å². The molecule has 0 unspecified atom stereocenters. The van der Waals surface area contributed by atoms with Gasteiger partial charge in [-0.15, -0.1) is 21.5 Å². The highest BCUT2D eigenvalue weighted by Gasteiger charge is 2.26. The Labute approximate surface area is 181 Å². The molecule has 3 heterocycles. The Morgan fingerprint density at radius 1 is 0.933 bits per heavy atom. The molecule has 148 valence electrons. The molecule has 5 aromatic rings. The molecular formula is C22H17N5OS2. The average molecular weight is 432 g/mol. The Hall–Kier alpha value is -3.23. The number of thioether (sulfide) groups is 1. The number of nitrogens with zero attached hydrogens (tertiary/aromatic N) is 5. The van der Waals surface area contributed by atoms with E-state index in [-0.39, 0.29) is 5.25 Å². The molecule has 3 aromatic heterocycles. The first-order valence-electron chi connectivity index (χ1n) is 9.33. The van der Waals surface area contributed by atoms with Crippen molar-refractivity contribution in [3.8, 4) is 22.1 Å². The number of thiophene rings is 1. The number of benzene rings is 2. The van der Waals surface area contributed by atoms with Crippen LogP contribution in [0.1, 0.15) is 16.7 Å². The van der Waals surface area contributed by atoms with Gasteiger partial charge >= 0.3 is 0 Å². The van der Waals surface area contributed by atoms with E-state index in [0.29, 0.717) is 11.7 Å². The van der Waals surface area contributed by atoms with Gasteiger partial charge in [-0.25, -0.2) is 0 Å². The van der Waals surface area contributed by atoms with E-state index in [1.807, 2.05) is 77.7 Å². The van der Waals surface area contributed by atoms with E-state index in [0.717, 1.165) is 27.0 Å². The maximum atomic E-state index is 5.69. The van der Waals surface area contributed by atoms with Crippen LogP contribution >= 0.6 is 23.1 Å². The molecule has 30 heavy (non-hydrogen) atoms. The molecule has 0 aliphatic heterocycles. The first-order chi connectivity index (χ1) is 14.8. The van der Waals surface area contributed by atoms with Gasteiger partial charge in [-0.3, -0.25) is 0 Å². The van der Waals surface area contributed by atoms with Crippen LogP contribution in [0, 0.1) is 0 Å². The molecule has 6 nitrogen and oxygen atoms in total. The summed E-state index contributed by atoms with van der Waals surface area (Å²) >= 11 is 3.19. The summed E-state index contributed by atoms with van der Waals surface area (Å²) in [6.45, 7) is 0. The molecule has 8 heteroatoms. The van der Waals surface area contributed by atoms with Crippen molar-refractivity contribution in [3.63, 3.8) is 0 Å². The molecule has 0 saturated heterocycles. The summed E-state index contributed by atoms with van der Waals surface area (Å²) in [6.07, 6.45) is 0. The van der Waals surface area contributed by atoms with Crippen LogP contribution in [0.15, 0.2) is 87.9 Å². The fourth-order valence-electron chi connectivity index (χ4n) is 3.08. The van der Waals surface area contributed by atoms with E-state index < -0.39 is 0 Å². The standard InChI is InChI=1S/C22H17N5OS2/c1-27-20(17-13-8-14-29-17)24-25-22(27)30-18(15-9-4-2-5-10-15)21-23-19(26-28-21)16-11-6-3-7-12-16/h2-14,18H,1H3/t18-/m0/s1. The maximum absolute atomic E-state index is 5.69. The third-order valence-corrected chi connectivity index (χ3v) is 6.74. The zero-order chi connectivity index (χ0) is 20.3. The molecule has 2 aromatic carbocycles. The molecule has 0 radical (unpaired) electrons. The maximum Gasteiger partial charge on any atom is 0.245 e. The first-order valence-corrected chi connectivity index (χ1v) is 11.1. The van der Waals surface area contributed by atoms with Gasteiger partial charge in [0.15, 0.2) is 11.0 Å². The minimum absolute atomic E-state index is 0.199. The summed E-state index contributed by atoms with van der Waals surface area (Å²) in [4.78, 5) is 5.77. The van der Waals surface area contributed by atoms with Crippen molar-refractivity contribution in [2.45, 2.75) is 10.4 Å². The molecular weight excluding hydrogens is 414 g/mol. The Morgan fingerprint density at radius 3 is 2.43 bits per heavy atom. The Balaban J connectivity index is 1.51. The van der Waals surface area contributed by atoms with Gasteiger partial charge in [-0.1, -0.05) is 83.6 Å². The summed E-state index contributed by atoms with van der Waals surface area (Å²) < 4.78 is 7.69. The van der Waals surface area contributed by atoms with Crippen molar-refractivity contribution in [2.24, 2.45) is 7.05 Å². The van der Waals surface area contributed by atoms with Gasteiger partial charge in [0.25, 0.3) is 0 Å². The van der Waals surface area contributed by atoms with Crippen LogP contribution in [0.3, 0.4) is 0 Å². The van der Waals surface area contributed by atoms with Crippen LogP contribution in [0.2, 0.25) is 0 Å². The molecule has 5 rings (SSSR count). The Bertz CT molecular complexity index is 1230. The van der Waals surface area contributed by atoms with E-state index in [1.165, 1.54) is 0 Å². The van der Waals surface area contributed by atoms with Gasteiger partial charge < -0.3 is 9.09 Å². The molecule has 0 bridgehead atoms. The predicted molar refractivity (Wildman–Crippen MR) is 118 cm³/mol.